The van der Waals surface area contributed by atoms with Gasteiger partial charge in [-0.2, -0.15) is 5.10 Å². The molecule has 0 amide bonds. The van der Waals surface area contributed by atoms with E-state index in [1.54, 1.807) is 0 Å². The van der Waals surface area contributed by atoms with Crippen LogP contribution in [0.25, 0.3) is 16.8 Å². The third-order valence-corrected chi connectivity index (χ3v) is 5.45. The van der Waals surface area contributed by atoms with Crippen molar-refractivity contribution in [3.05, 3.63) is 65.1 Å². The summed E-state index contributed by atoms with van der Waals surface area (Å²) in [5, 5.41) is 12.9. The summed E-state index contributed by atoms with van der Waals surface area (Å²) in [6, 6.07) is 5.79. The Morgan fingerprint density at radius 1 is 1.26 bits per heavy atom. The monoisotopic (exact) mass is 419 g/mol. The Labute approximate surface area is 182 Å². The van der Waals surface area contributed by atoms with Gasteiger partial charge < -0.3 is 15.5 Å². The molecule has 3 N–H and O–H groups in total. The van der Waals surface area contributed by atoms with Crippen molar-refractivity contribution in [1.29, 1.82) is 0 Å². The molecule has 2 aromatic rings. The molecule has 1 saturated heterocycles. The van der Waals surface area contributed by atoms with E-state index in [4.69, 9.17) is 4.74 Å². The number of H-pyrrole nitrogens is 1. The van der Waals surface area contributed by atoms with Gasteiger partial charge in [-0.05, 0) is 31.9 Å². The van der Waals surface area contributed by atoms with E-state index in [2.05, 4.69) is 65.5 Å². The first-order chi connectivity index (χ1) is 15.0. The number of anilines is 1. The van der Waals surface area contributed by atoms with Crippen molar-refractivity contribution in [2.45, 2.75) is 27.2 Å². The van der Waals surface area contributed by atoms with Gasteiger partial charge in [0.05, 0.1) is 41.4 Å². The molecule has 1 aromatic carbocycles. The molecular weight excluding hydrogens is 390 g/mol. The molecule has 0 spiro atoms. The predicted octanol–water partition coefficient (Wildman–Crippen LogP) is 4.10. The van der Waals surface area contributed by atoms with Gasteiger partial charge in [0.25, 0.3) is 0 Å². The number of morpholine rings is 1. The topological polar surface area (TPSA) is 82.3 Å². The minimum absolute atomic E-state index is 0.0208. The molecule has 7 nitrogen and oxygen atoms in total. The molecule has 1 aliphatic carbocycles. The summed E-state index contributed by atoms with van der Waals surface area (Å²) < 4.78 is 5.38. The number of allylic oxidation sites excluding steroid dienone is 4. The summed E-state index contributed by atoms with van der Waals surface area (Å²) >= 11 is 0. The Bertz CT molecular complexity index is 1070. The number of benzene rings is 1. The molecule has 2 aliphatic rings. The Kier molecular flexibility index (Phi) is 6.06. The van der Waals surface area contributed by atoms with Crippen LogP contribution in [0.15, 0.2) is 48.3 Å². The minimum Gasteiger partial charge on any atom is -0.379 e. The lowest BCUT2D eigenvalue weighted by molar-refractivity contribution is 0.0190. The van der Waals surface area contributed by atoms with E-state index in [9.17, 15) is 4.79 Å². The highest BCUT2D eigenvalue weighted by Crippen LogP contribution is 2.42. The second kappa shape index (κ2) is 8.91. The van der Waals surface area contributed by atoms with Crippen LogP contribution in [0.2, 0.25) is 0 Å². The van der Waals surface area contributed by atoms with Crippen LogP contribution in [0.1, 0.15) is 48.8 Å². The molecule has 4 rings (SSSR count). The van der Waals surface area contributed by atoms with Gasteiger partial charge in [0.15, 0.2) is 5.78 Å². The van der Waals surface area contributed by atoms with Crippen molar-refractivity contribution in [2.75, 3.05) is 31.6 Å². The maximum absolute atomic E-state index is 13.5. The van der Waals surface area contributed by atoms with E-state index in [0.717, 1.165) is 47.7 Å². The van der Waals surface area contributed by atoms with E-state index < -0.39 is 0 Å². The fraction of sp³-hybridized carbons (Fsp3) is 0.333. The number of ether oxygens (including phenoxy) is 1. The molecule has 0 atom stereocenters. The number of carbonyl (C=O) groups excluding carboxylic acids is 1. The fourth-order valence-corrected chi connectivity index (χ4v) is 3.91. The minimum atomic E-state index is -0.0208. The molecule has 0 saturated carbocycles. The molecule has 0 unspecified atom stereocenters. The maximum Gasteiger partial charge on any atom is 0.200 e. The van der Waals surface area contributed by atoms with Crippen LogP contribution in [0.5, 0.6) is 0 Å². The first-order valence-electron chi connectivity index (χ1n) is 10.7. The van der Waals surface area contributed by atoms with Gasteiger partial charge in [0.2, 0.25) is 0 Å². The molecule has 1 fully saturated rings. The van der Waals surface area contributed by atoms with Gasteiger partial charge in [-0.15, -0.1) is 0 Å². The van der Waals surface area contributed by atoms with Crippen LogP contribution < -0.4 is 10.7 Å². The fourth-order valence-electron chi connectivity index (χ4n) is 3.91. The number of aromatic amines is 1. The van der Waals surface area contributed by atoms with Crippen LogP contribution in [0, 0.1) is 0 Å². The lowest BCUT2D eigenvalue weighted by Gasteiger charge is -2.29. The lowest BCUT2D eigenvalue weighted by atomic mass is 10.0. The maximum atomic E-state index is 13.5. The zero-order valence-corrected chi connectivity index (χ0v) is 18.3. The SMILES string of the molecule is C=C(Nc1cccc2c1C(=O)c1c(/C(=C/C=C(C)C)CC)n[nH]c1-2)NN1CCOCC1. The summed E-state index contributed by atoms with van der Waals surface area (Å²) in [5.74, 6) is 0.599. The third kappa shape index (κ3) is 4.19. The molecule has 1 aromatic heterocycles. The van der Waals surface area contributed by atoms with Gasteiger partial charge in [0.1, 0.15) is 5.82 Å². The summed E-state index contributed by atoms with van der Waals surface area (Å²) in [5.41, 5.74) is 9.88. The average molecular weight is 420 g/mol. The summed E-state index contributed by atoms with van der Waals surface area (Å²) in [6.07, 6.45) is 4.89. The van der Waals surface area contributed by atoms with Gasteiger partial charge in [-0.1, -0.05) is 43.4 Å². The largest absolute Gasteiger partial charge is 0.379 e. The number of nitrogens with one attached hydrogen (secondary N) is 3. The lowest BCUT2D eigenvalue weighted by Crippen LogP contribution is -2.46. The number of fused-ring (bicyclic) bond motifs is 3. The summed E-state index contributed by atoms with van der Waals surface area (Å²) in [6.45, 7) is 13.2. The van der Waals surface area contributed by atoms with Gasteiger partial charge in [-0.3, -0.25) is 9.89 Å². The first-order valence-corrected chi connectivity index (χ1v) is 10.7. The molecule has 0 bridgehead atoms. The molecule has 0 radical (unpaired) electrons. The predicted molar refractivity (Wildman–Crippen MR) is 123 cm³/mol. The zero-order valence-electron chi connectivity index (χ0n) is 18.3. The highest BCUT2D eigenvalue weighted by molar-refractivity contribution is 6.25. The van der Waals surface area contributed by atoms with Gasteiger partial charge in [0, 0.05) is 18.7 Å². The average Bonchev–Trinajstić information content (AvgIpc) is 3.30. The molecule has 31 heavy (non-hydrogen) atoms. The van der Waals surface area contributed by atoms with Crippen LogP contribution in [0.3, 0.4) is 0 Å². The standard InChI is InChI=1S/C24H29N5O2/c1-5-17(10-9-15(2)3)22-21-23(27-26-22)18-7-6-8-19(20(18)24(21)30)25-16(4)28-29-11-13-31-14-12-29/h6-10,25,28H,4-5,11-14H2,1-3H3,(H,26,27)/b17-10+. The van der Waals surface area contributed by atoms with Crippen molar-refractivity contribution in [3.8, 4) is 11.3 Å². The smallest absolute Gasteiger partial charge is 0.200 e. The first kappa shape index (κ1) is 21.1. The van der Waals surface area contributed by atoms with Crippen LogP contribution in [-0.4, -0.2) is 47.3 Å². The van der Waals surface area contributed by atoms with Crippen molar-refractivity contribution < 1.29 is 9.53 Å². The van der Waals surface area contributed by atoms with Gasteiger partial charge >= 0.3 is 0 Å². The van der Waals surface area contributed by atoms with Gasteiger partial charge in [-0.25, -0.2) is 5.01 Å². The molecule has 7 heteroatoms. The molecule has 162 valence electrons. The molecule has 2 heterocycles. The Hall–Kier alpha value is -3.16. The number of rotatable bonds is 7. The van der Waals surface area contributed by atoms with Crippen LogP contribution in [-0.2, 0) is 4.74 Å². The van der Waals surface area contributed by atoms with E-state index in [0.29, 0.717) is 30.2 Å². The Morgan fingerprint density at radius 2 is 2.03 bits per heavy atom. The van der Waals surface area contributed by atoms with E-state index in [-0.39, 0.29) is 5.78 Å². The van der Waals surface area contributed by atoms with Crippen molar-refractivity contribution in [1.82, 2.24) is 20.6 Å². The summed E-state index contributed by atoms with van der Waals surface area (Å²) in [7, 11) is 0. The number of aromatic nitrogens is 2. The quantitative estimate of drug-likeness (QED) is 0.500. The van der Waals surface area contributed by atoms with Crippen molar-refractivity contribution in [2.24, 2.45) is 0 Å². The third-order valence-electron chi connectivity index (χ3n) is 5.45. The normalized spacial score (nSPS) is 16.0. The Balaban J connectivity index is 1.62. The molecular formula is C24H29N5O2. The number of hydrazine groups is 1. The second-order valence-corrected chi connectivity index (χ2v) is 7.98. The second-order valence-electron chi connectivity index (χ2n) is 7.98. The van der Waals surface area contributed by atoms with Crippen LogP contribution in [0.4, 0.5) is 5.69 Å². The highest BCUT2D eigenvalue weighted by atomic mass is 16.5. The van der Waals surface area contributed by atoms with E-state index in [1.807, 2.05) is 18.2 Å². The number of hydrogen-bond donors (Lipinski definition) is 3. The van der Waals surface area contributed by atoms with Crippen molar-refractivity contribution >= 4 is 17.0 Å². The van der Waals surface area contributed by atoms with E-state index >= 15 is 0 Å². The highest BCUT2D eigenvalue weighted by Gasteiger charge is 2.35. The number of ketones is 1. The van der Waals surface area contributed by atoms with Crippen LogP contribution >= 0.6 is 0 Å². The number of nitrogens with zero attached hydrogens (tertiary/aromatic N) is 2. The Morgan fingerprint density at radius 3 is 2.74 bits per heavy atom. The zero-order chi connectivity index (χ0) is 22.0. The molecule has 1 aliphatic heterocycles. The van der Waals surface area contributed by atoms with Crippen molar-refractivity contribution in [3.63, 3.8) is 0 Å². The summed E-state index contributed by atoms with van der Waals surface area (Å²) in [4.78, 5) is 13.5. The number of carbonyl (C=O) groups is 1. The number of hydrogen-bond acceptors (Lipinski definition) is 6. The van der Waals surface area contributed by atoms with E-state index in [1.165, 1.54) is 5.57 Å².